The highest BCUT2D eigenvalue weighted by molar-refractivity contribution is 7.90. The van der Waals surface area contributed by atoms with Gasteiger partial charge in [0.25, 0.3) is 0 Å². The average molecular weight is 560 g/mol. The van der Waals surface area contributed by atoms with Gasteiger partial charge in [-0.1, -0.05) is 50.6 Å². The topological polar surface area (TPSA) is 104 Å². The molecule has 10 heteroatoms. The number of hydrogen-bond acceptors (Lipinski definition) is 5. The van der Waals surface area contributed by atoms with E-state index in [9.17, 15) is 21.6 Å². The molecule has 1 atom stereocenters. The van der Waals surface area contributed by atoms with Gasteiger partial charge in [0.1, 0.15) is 0 Å². The van der Waals surface area contributed by atoms with Crippen molar-refractivity contribution in [2.45, 2.75) is 56.8 Å². The van der Waals surface area contributed by atoms with E-state index in [-0.39, 0.29) is 16.1 Å². The van der Waals surface area contributed by atoms with Gasteiger partial charge in [-0.25, -0.2) is 8.42 Å². The minimum absolute atomic E-state index is 0.0759. The molecule has 0 spiro atoms. The van der Waals surface area contributed by atoms with E-state index in [4.69, 9.17) is 0 Å². The summed E-state index contributed by atoms with van der Waals surface area (Å²) in [5, 5.41) is 0. The van der Waals surface area contributed by atoms with Crippen molar-refractivity contribution in [1.82, 2.24) is 8.61 Å². The SMILES string of the molecule is CN(C)S(=O)(=O)Nc1ccc(CC23CCC(=O)C=C2CCN(S(=O)(=O)c2ccc(C(C)(C)C)cc2)C3)cc1. The lowest BCUT2D eigenvalue weighted by atomic mass is 9.66. The molecule has 1 aliphatic heterocycles. The number of anilines is 1. The third-order valence-corrected chi connectivity index (χ3v) is 10.9. The second-order valence-corrected chi connectivity index (χ2v) is 15.4. The van der Waals surface area contributed by atoms with Crippen LogP contribution in [0.2, 0.25) is 0 Å². The fourth-order valence-corrected chi connectivity index (χ4v) is 7.33. The fraction of sp³-hybridized carbons (Fsp3) is 0.464. The molecule has 2 aromatic rings. The Kier molecular flexibility index (Phi) is 7.66. The predicted molar refractivity (Wildman–Crippen MR) is 150 cm³/mol. The number of benzene rings is 2. The molecular formula is C28H37N3O5S2. The molecule has 38 heavy (non-hydrogen) atoms. The van der Waals surface area contributed by atoms with Gasteiger partial charge < -0.3 is 0 Å². The van der Waals surface area contributed by atoms with E-state index in [1.165, 1.54) is 14.1 Å². The van der Waals surface area contributed by atoms with E-state index in [0.717, 1.165) is 21.0 Å². The van der Waals surface area contributed by atoms with Crippen LogP contribution in [-0.4, -0.2) is 58.4 Å². The molecule has 1 fully saturated rings. The second kappa shape index (κ2) is 10.2. The van der Waals surface area contributed by atoms with Gasteiger partial charge in [0.15, 0.2) is 5.78 Å². The van der Waals surface area contributed by atoms with E-state index in [1.807, 2.05) is 24.3 Å². The fourth-order valence-electron chi connectivity index (χ4n) is 5.18. The highest BCUT2D eigenvalue weighted by Crippen LogP contribution is 2.46. The molecule has 0 aromatic heterocycles. The van der Waals surface area contributed by atoms with Crippen molar-refractivity contribution >= 4 is 31.7 Å². The standard InChI is InChI=1S/C28H37N3O5S2/c1-27(2,3)22-8-12-26(13-9-22)37(33,34)31-17-15-23-18-25(32)14-16-28(23,20-31)19-21-6-10-24(11-7-21)29-38(35,36)30(4)5/h6-13,18,29H,14-17,19-20H2,1-5H3. The molecule has 1 aliphatic carbocycles. The Bertz CT molecular complexity index is 1440. The summed E-state index contributed by atoms with van der Waals surface area (Å²) in [7, 11) is -4.42. The summed E-state index contributed by atoms with van der Waals surface area (Å²) in [5.41, 5.74) is 2.90. The number of allylic oxidation sites excluding steroid dienone is 1. The molecule has 0 bridgehead atoms. The summed E-state index contributed by atoms with van der Waals surface area (Å²) in [6.45, 7) is 6.90. The van der Waals surface area contributed by atoms with Gasteiger partial charge in [0.2, 0.25) is 10.0 Å². The van der Waals surface area contributed by atoms with Crippen molar-refractivity contribution < 1.29 is 21.6 Å². The van der Waals surface area contributed by atoms with Crippen LogP contribution >= 0.6 is 0 Å². The van der Waals surface area contributed by atoms with Crippen molar-refractivity contribution in [3.05, 3.63) is 71.3 Å². The second-order valence-electron chi connectivity index (χ2n) is 11.5. The zero-order chi connectivity index (χ0) is 27.9. The van der Waals surface area contributed by atoms with Crippen molar-refractivity contribution in [3.63, 3.8) is 0 Å². The van der Waals surface area contributed by atoms with Crippen LogP contribution in [0, 0.1) is 5.41 Å². The van der Waals surface area contributed by atoms with Gasteiger partial charge in [0, 0.05) is 44.7 Å². The summed E-state index contributed by atoms with van der Waals surface area (Å²) in [4.78, 5) is 12.6. The summed E-state index contributed by atoms with van der Waals surface area (Å²) in [6, 6.07) is 14.3. The molecule has 0 amide bonds. The summed E-state index contributed by atoms with van der Waals surface area (Å²) >= 11 is 0. The zero-order valence-corrected chi connectivity index (χ0v) is 24.3. The normalized spacial score (nSPS) is 21.2. The number of hydrogen-bond donors (Lipinski definition) is 1. The maximum absolute atomic E-state index is 13.7. The van der Waals surface area contributed by atoms with E-state index in [2.05, 4.69) is 25.5 Å². The van der Waals surface area contributed by atoms with Gasteiger partial charge in [-0.2, -0.15) is 17.0 Å². The lowest BCUT2D eigenvalue weighted by Gasteiger charge is -2.46. The highest BCUT2D eigenvalue weighted by Gasteiger charge is 2.45. The molecular weight excluding hydrogens is 522 g/mol. The number of rotatable bonds is 7. The van der Waals surface area contributed by atoms with Crippen LogP contribution in [0.4, 0.5) is 5.69 Å². The summed E-state index contributed by atoms with van der Waals surface area (Å²) in [6.07, 6.45) is 3.72. The molecule has 0 radical (unpaired) electrons. The van der Waals surface area contributed by atoms with Crippen LogP contribution in [0.15, 0.2) is 65.1 Å². The smallest absolute Gasteiger partial charge is 0.295 e. The van der Waals surface area contributed by atoms with Crippen LogP contribution in [0.5, 0.6) is 0 Å². The molecule has 1 unspecified atom stereocenters. The van der Waals surface area contributed by atoms with Crippen LogP contribution in [-0.2, 0) is 36.9 Å². The van der Waals surface area contributed by atoms with Crippen LogP contribution in [0.25, 0.3) is 0 Å². The minimum Gasteiger partial charge on any atom is -0.295 e. The molecule has 8 nitrogen and oxygen atoms in total. The Morgan fingerprint density at radius 1 is 0.947 bits per heavy atom. The Morgan fingerprint density at radius 3 is 2.16 bits per heavy atom. The highest BCUT2D eigenvalue weighted by atomic mass is 32.2. The van der Waals surface area contributed by atoms with Gasteiger partial charge in [-0.05, 0) is 66.1 Å². The molecule has 206 valence electrons. The monoisotopic (exact) mass is 559 g/mol. The summed E-state index contributed by atoms with van der Waals surface area (Å²) in [5.74, 6) is 0.0816. The van der Waals surface area contributed by atoms with E-state index < -0.39 is 25.6 Å². The van der Waals surface area contributed by atoms with Gasteiger partial charge >= 0.3 is 10.2 Å². The number of nitrogens with one attached hydrogen (secondary N) is 1. The number of sulfonamides is 1. The number of ketones is 1. The van der Waals surface area contributed by atoms with Crippen LogP contribution < -0.4 is 4.72 Å². The summed E-state index contributed by atoms with van der Waals surface area (Å²) < 4.78 is 56.8. The molecule has 1 N–H and O–H groups in total. The Hall–Kier alpha value is -2.53. The number of nitrogens with zero attached hydrogens (tertiary/aromatic N) is 2. The van der Waals surface area contributed by atoms with Gasteiger partial charge in [0.05, 0.1) is 4.90 Å². The van der Waals surface area contributed by atoms with E-state index in [0.29, 0.717) is 44.5 Å². The molecule has 1 heterocycles. The van der Waals surface area contributed by atoms with Crippen molar-refractivity contribution in [2.75, 3.05) is 31.9 Å². The first-order valence-corrected chi connectivity index (χ1v) is 15.6. The maximum Gasteiger partial charge on any atom is 0.301 e. The van der Waals surface area contributed by atoms with Crippen LogP contribution in [0.1, 0.15) is 51.2 Å². The number of carbonyl (C=O) groups excluding carboxylic acids is 1. The number of fused-ring (bicyclic) bond motifs is 1. The Morgan fingerprint density at radius 2 is 1.58 bits per heavy atom. The average Bonchev–Trinajstić information content (AvgIpc) is 2.84. The van der Waals surface area contributed by atoms with E-state index >= 15 is 0 Å². The van der Waals surface area contributed by atoms with Crippen molar-refractivity contribution in [1.29, 1.82) is 0 Å². The van der Waals surface area contributed by atoms with Crippen molar-refractivity contribution in [3.8, 4) is 0 Å². The van der Waals surface area contributed by atoms with Crippen LogP contribution in [0.3, 0.4) is 0 Å². The molecule has 2 aliphatic rings. The molecule has 2 aromatic carbocycles. The molecule has 0 saturated carbocycles. The van der Waals surface area contributed by atoms with Gasteiger partial charge in [-0.3, -0.25) is 9.52 Å². The zero-order valence-electron chi connectivity index (χ0n) is 22.7. The Labute approximate surface area is 227 Å². The van der Waals surface area contributed by atoms with Gasteiger partial charge in [-0.15, -0.1) is 0 Å². The molecule has 4 rings (SSSR count). The first kappa shape index (κ1) is 28.5. The van der Waals surface area contributed by atoms with E-state index in [1.54, 1.807) is 34.6 Å². The minimum atomic E-state index is -3.71. The third-order valence-electron chi connectivity index (χ3n) is 7.56. The lowest BCUT2D eigenvalue weighted by molar-refractivity contribution is -0.116. The van der Waals surface area contributed by atoms with Crippen molar-refractivity contribution in [2.24, 2.45) is 5.41 Å². The number of carbonyl (C=O) groups is 1. The quantitative estimate of drug-likeness (QED) is 0.550. The molecule has 1 saturated heterocycles. The maximum atomic E-state index is 13.7. The Balaban J connectivity index is 1.60. The first-order valence-electron chi connectivity index (χ1n) is 12.8. The number of piperidine rings is 1. The lowest BCUT2D eigenvalue weighted by Crippen LogP contribution is -2.49. The largest absolute Gasteiger partial charge is 0.301 e. The third kappa shape index (κ3) is 5.88. The first-order chi connectivity index (χ1) is 17.6. The predicted octanol–water partition coefficient (Wildman–Crippen LogP) is 4.12.